The third kappa shape index (κ3) is 2.43. The van der Waals surface area contributed by atoms with E-state index in [9.17, 15) is 13.3 Å². The summed E-state index contributed by atoms with van der Waals surface area (Å²) in [5, 5.41) is 0. The second kappa shape index (κ2) is 3.93. The van der Waals surface area contributed by atoms with Gasteiger partial charge in [0.15, 0.2) is 7.11 Å². The Balaban J connectivity index is 3.07. The van der Waals surface area contributed by atoms with E-state index >= 15 is 0 Å². The largest absolute Gasteiger partial charge is 0.316 e. The first-order valence-corrected chi connectivity index (χ1v) is 5.82. The molecule has 14 heavy (non-hydrogen) atoms. The van der Waals surface area contributed by atoms with Crippen LogP contribution < -0.4 is 0 Å². The third-order valence-electron chi connectivity index (χ3n) is 1.49. The van der Waals surface area contributed by atoms with Gasteiger partial charge < -0.3 is 0 Å². The average molecular weight is 237 g/mol. The monoisotopic (exact) mass is 236 g/mol. The number of hydrogen-bond donors (Lipinski definition) is 0. The molecule has 0 aliphatic rings. The van der Waals surface area contributed by atoms with Crippen LogP contribution in [0.2, 0.25) is 0 Å². The van der Waals surface area contributed by atoms with Crippen LogP contribution in [0.25, 0.3) is 0 Å². The molecule has 0 heterocycles. The SMILES string of the molecule is CO[N+](=O)c1ccc(S(=O)(=O)Cl)cc1. The van der Waals surface area contributed by atoms with Crippen molar-refractivity contribution in [2.24, 2.45) is 0 Å². The van der Waals surface area contributed by atoms with Gasteiger partial charge in [-0.2, -0.15) is 0 Å². The lowest BCUT2D eigenvalue weighted by Gasteiger charge is -1.93. The number of halogens is 1. The molecule has 0 atom stereocenters. The Labute approximate surface area is 85.2 Å². The second-order valence-electron chi connectivity index (χ2n) is 2.37. The molecular formula is C7H7ClNO4S+. The van der Waals surface area contributed by atoms with E-state index in [2.05, 4.69) is 4.84 Å². The number of benzene rings is 1. The molecule has 1 aromatic carbocycles. The first kappa shape index (κ1) is 10.9. The Bertz CT molecular complexity index is 439. The smallest absolute Gasteiger partial charge is 0.230 e. The summed E-state index contributed by atoms with van der Waals surface area (Å²) in [4.78, 5) is 15.4. The van der Waals surface area contributed by atoms with E-state index in [1.165, 1.54) is 31.4 Å². The minimum Gasteiger partial charge on any atom is -0.230 e. The predicted molar refractivity (Wildman–Crippen MR) is 49.8 cm³/mol. The van der Waals surface area contributed by atoms with E-state index in [-0.39, 0.29) is 15.5 Å². The maximum Gasteiger partial charge on any atom is 0.316 e. The van der Waals surface area contributed by atoms with Crippen LogP contribution in [0.15, 0.2) is 29.2 Å². The first-order chi connectivity index (χ1) is 6.45. The van der Waals surface area contributed by atoms with E-state index in [4.69, 9.17) is 10.7 Å². The highest BCUT2D eigenvalue weighted by molar-refractivity contribution is 8.13. The Hall–Kier alpha value is -1.14. The average Bonchev–Trinajstić information content (AvgIpc) is 2.15. The normalized spacial score (nSPS) is 11.0. The summed E-state index contributed by atoms with van der Waals surface area (Å²) in [7, 11) is 2.54. The summed E-state index contributed by atoms with van der Waals surface area (Å²) in [6.07, 6.45) is 0. The summed E-state index contributed by atoms with van der Waals surface area (Å²) in [5.41, 5.74) is 0.191. The minimum atomic E-state index is -3.74. The fourth-order valence-corrected chi connectivity index (χ4v) is 1.61. The number of hydrogen-bond acceptors (Lipinski definition) is 4. The zero-order valence-electron chi connectivity index (χ0n) is 7.18. The molecule has 0 bridgehead atoms. The third-order valence-corrected chi connectivity index (χ3v) is 2.86. The first-order valence-electron chi connectivity index (χ1n) is 3.51. The van der Waals surface area contributed by atoms with Crippen LogP contribution in [0, 0.1) is 4.91 Å². The van der Waals surface area contributed by atoms with Gasteiger partial charge in [0.25, 0.3) is 14.0 Å². The molecule has 0 fully saturated rings. The van der Waals surface area contributed by atoms with Gasteiger partial charge in [-0.15, -0.1) is 0 Å². The number of rotatable bonds is 3. The van der Waals surface area contributed by atoms with Crippen molar-refractivity contribution in [3.05, 3.63) is 29.2 Å². The molecule has 1 rings (SSSR count). The van der Waals surface area contributed by atoms with Crippen molar-refractivity contribution in [3.8, 4) is 0 Å². The fraction of sp³-hybridized carbons (Fsp3) is 0.143. The van der Waals surface area contributed by atoms with Crippen molar-refractivity contribution >= 4 is 25.4 Å². The van der Waals surface area contributed by atoms with Gasteiger partial charge in [0, 0.05) is 22.8 Å². The molecule has 0 aromatic heterocycles. The van der Waals surface area contributed by atoms with Gasteiger partial charge in [0.05, 0.1) is 9.80 Å². The Morgan fingerprint density at radius 2 is 1.79 bits per heavy atom. The molecule has 5 nitrogen and oxygen atoms in total. The lowest BCUT2D eigenvalue weighted by molar-refractivity contribution is -0.736. The molecule has 1 aromatic rings. The standard InChI is InChI=1S/C7H7ClNO4S/c1-13-9(10)6-2-4-7(5-3-6)14(8,11)12/h2-5H,1H3/q+1. The van der Waals surface area contributed by atoms with E-state index < -0.39 is 9.05 Å². The van der Waals surface area contributed by atoms with Gasteiger partial charge in [-0.3, -0.25) is 0 Å². The predicted octanol–water partition coefficient (Wildman–Crippen LogP) is 1.59. The zero-order chi connectivity index (χ0) is 10.8. The van der Waals surface area contributed by atoms with Crippen LogP contribution >= 0.6 is 10.7 Å². The maximum absolute atomic E-state index is 10.9. The van der Waals surface area contributed by atoms with Crippen molar-refractivity contribution in [1.82, 2.24) is 0 Å². The molecule has 0 amide bonds. The highest BCUT2D eigenvalue weighted by atomic mass is 35.7. The lowest BCUT2D eigenvalue weighted by atomic mass is 10.3. The van der Waals surface area contributed by atoms with Crippen LogP contribution in [0.3, 0.4) is 0 Å². The minimum absolute atomic E-state index is 0.0626. The summed E-state index contributed by atoms with van der Waals surface area (Å²) in [6.45, 7) is 0. The van der Waals surface area contributed by atoms with Gasteiger partial charge in [0.1, 0.15) is 0 Å². The highest BCUT2D eigenvalue weighted by Crippen LogP contribution is 2.18. The van der Waals surface area contributed by atoms with Gasteiger partial charge >= 0.3 is 5.69 Å². The number of nitrogens with zero attached hydrogens (tertiary/aromatic N) is 1. The van der Waals surface area contributed by atoms with Crippen LogP contribution in [-0.2, 0) is 13.9 Å². The zero-order valence-corrected chi connectivity index (χ0v) is 8.75. The van der Waals surface area contributed by atoms with Crippen LogP contribution in [0.4, 0.5) is 5.69 Å². The van der Waals surface area contributed by atoms with E-state index in [1.54, 1.807) is 0 Å². The summed E-state index contributed by atoms with van der Waals surface area (Å²) in [5.74, 6) is 0. The van der Waals surface area contributed by atoms with Crippen LogP contribution in [-0.4, -0.2) is 20.5 Å². The molecule has 0 aliphatic heterocycles. The summed E-state index contributed by atoms with van der Waals surface area (Å²) in [6, 6.07) is 5.04. The van der Waals surface area contributed by atoms with Gasteiger partial charge in [-0.1, -0.05) is 0 Å². The summed E-state index contributed by atoms with van der Waals surface area (Å²) >= 11 is 0. The molecule has 7 heteroatoms. The van der Waals surface area contributed by atoms with Crippen molar-refractivity contribution in [2.75, 3.05) is 7.11 Å². The molecule has 0 unspecified atom stereocenters. The molecule has 0 N–H and O–H groups in total. The van der Waals surface area contributed by atoms with E-state index in [0.29, 0.717) is 0 Å². The van der Waals surface area contributed by atoms with Crippen LogP contribution in [0.1, 0.15) is 0 Å². The van der Waals surface area contributed by atoms with Crippen molar-refractivity contribution < 1.29 is 18.2 Å². The van der Waals surface area contributed by atoms with Crippen LogP contribution in [0.5, 0.6) is 0 Å². The molecule has 0 spiro atoms. The van der Waals surface area contributed by atoms with E-state index in [0.717, 1.165) is 0 Å². The Kier molecular flexibility index (Phi) is 3.07. The Morgan fingerprint density at radius 1 is 1.29 bits per heavy atom. The van der Waals surface area contributed by atoms with Crippen molar-refractivity contribution in [3.63, 3.8) is 0 Å². The van der Waals surface area contributed by atoms with Gasteiger partial charge in [-0.05, 0) is 12.1 Å². The van der Waals surface area contributed by atoms with Gasteiger partial charge in [0.2, 0.25) is 0 Å². The fourth-order valence-electron chi connectivity index (χ4n) is 0.836. The Morgan fingerprint density at radius 3 is 2.14 bits per heavy atom. The van der Waals surface area contributed by atoms with Gasteiger partial charge in [-0.25, -0.2) is 13.3 Å². The maximum atomic E-state index is 10.9. The summed E-state index contributed by atoms with van der Waals surface area (Å²) < 4.78 is 21.7. The molecule has 76 valence electrons. The molecule has 0 saturated carbocycles. The molecule has 0 aliphatic carbocycles. The van der Waals surface area contributed by atoms with E-state index in [1.807, 2.05) is 0 Å². The molecular weight excluding hydrogens is 230 g/mol. The highest BCUT2D eigenvalue weighted by Gasteiger charge is 2.16. The topological polar surface area (TPSA) is 63.5 Å². The molecule has 0 radical (unpaired) electrons. The molecule has 0 saturated heterocycles. The lowest BCUT2D eigenvalue weighted by Crippen LogP contribution is -1.98. The quantitative estimate of drug-likeness (QED) is 0.591. The van der Waals surface area contributed by atoms with Crippen molar-refractivity contribution in [2.45, 2.75) is 4.90 Å². The van der Waals surface area contributed by atoms with Crippen molar-refractivity contribution in [1.29, 1.82) is 0 Å². The second-order valence-corrected chi connectivity index (χ2v) is 4.94.